The van der Waals surface area contributed by atoms with Crippen LogP contribution in [0, 0.1) is 0 Å². The Balaban J connectivity index is 2.50. The van der Waals surface area contributed by atoms with Gasteiger partial charge < -0.3 is 20.1 Å². The van der Waals surface area contributed by atoms with Gasteiger partial charge in [0.05, 0.1) is 13.2 Å². The summed E-state index contributed by atoms with van der Waals surface area (Å²) in [5.74, 6) is 1.51. The van der Waals surface area contributed by atoms with Gasteiger partial charge in [0.15, 0.2) is 5.96 Å². The number of hydrogen-bond donors (Lipinski definition) is 2. The lowest BCUT2D eigenvalue weighted by Crippen LogP contribution is -2.37. The van der Waals surface area contributed by atoms with E-state index in [1.54, 1.807) is 6.20 Å². The Morgan fingerprint density at radius 3 is 2.76 bits per heavy atom. The second-order valence-corrected chi connectivity index (χ2v) is 5.70. The van der Waals surface area contributed by atoms with E-state index in [2.05, 4.69) is 34.5 Å². The zero-order valence-corrected chi connectivity index (χ0v) is 16.0. The van der Waals surface area contributed by atoms with E-state index in [1.165, 1.54) is 0 Å². The summed E-state index contributed by atoms with van der Waals surface area (Å²) in [5.41, 5.74) is 1.01. The quantitative estimate of drug-likeness (QED) is 0.325. The Hall–Kier alpha value is -1.82. The highest BCUT2D eigenvalue weighted by molar-refractivity contribution is 5.79. The van der Waals surface area contributed by atoms with Crippen LogP contribution in [-0.4, -0.2) is 43.9 Å². The lowest BCUT2D eigenvalue weighted by Gasteiger charge is -2.12. The minimum atomic E-state index is 0.545. The first kappa shape index (κ1) is 21.2. The molecule has 0 aromatic carbocycles. The first-order valence-corrected chi connectivity index (χ1v) is 9.48. The molecule has 2 N–H and O–H groups in total. The smallest absolute Gasteiger partial charge is 0.218 e. The van der Waals surface area contributed by atoms with E-state index in [9.17, 15) is 0 Å². The number of guanidine groups is 1. The summed E-state index contributed by atoms with van der Waals surface area (Å²) in [6.07, 6.45) is 6.01. The molecule has 0 spiro atoms. The Kier molecular flexibility index (Phi) is 12.3. The van der Waals surface area contributed by atoms with Gasteiger partial charge in [0, 0.05) is 38.1 Å². The van der Waals surface area contributed by atoms with Gasteiger partial charge in [-0.05, 0) is 39.2 Å². The summed E-state index contributed by atoms with van der Waals surface area (Å²) >= 11 is 0. The van der Waals surface area contributed by atoms with Crippen molar-refractivity contribution in [2.75, 3.05) is 32.9 Å². The third-order valence-corrected chi connectivity index (χ3v) is 3.55. The predicted molar refractivity (Wildman–Crippen MR) is 103 cm³/mol. The van der Waals surface area contributed by atoms with Crippen molar-refractivity contribution in [1.29, 1.82) is 0 Å². The highest BCUT2D eigenvalue weighted by Crippen LogP contribution is 2.15. The molecule has 0 aliphatic rings. The fraction of sp³-hybridized carbons (Fsp3) is 0.684. The zero-order valence-electron chi connectivity index (χ0n) is 16.0. The van der Waals surface area contributed by atoms with E-state index < -0.39 is 0 Å². The Labute approximate surface area is 152 Å². The molecular formula is C19H34N4O2. The lowest BCUT2D eigenvalue weighted by molar-refractivity contribution is 0.143. The molecule has 0 saturated carbocycles. The monoisotopic (exact) mass is 350 g/mol. The first-order chi connectivity index (χ1) is 12.3. The molecule has 0 fully saturated rings. The minimum absolute atomic E-state index is 0.545. The molecule has 6 nitrogen and oxygen atoms in total. The van der Waals surface area contributed by atoms with Crippen LogP contribution in [0.25, 0.3) is 0 Å². The molecule has 0 atom stereocenters. The average Bonchev–Trinajstić information content (AvgIpc) is 2.63. The van der Waals surface area contributed by atoms with Crippen molar-refractivity contribution in [3.63, 3.8) is 0 Å². The van der Waals surface area contributed by atoms with Gasteiger partial charge in [-0.25, -0.2) is 9.98 Å². The molecule has 0 radical (unpaired) electrons. The van der Waals surface area contributed by atoms with E-state index in [1.807, 2.05) is 19.1 Å². The van der Waals surface area contributed by atoms with Crippen molar-refractivity contribution in [2.24, 2.45) is 4.99 Å². The highest BCUT2D eigenvalue weighted by atomic mass is 16.5. The third kappa shape index (κ3) is 9.92. The van der Waals surface area contributed by atoms with Gasteiger partial charge in [-0.2, -0.15) is 0 Å². The Bertz CT molecular complexity index is 480. The second-order valence-electron chi connectivity index (χ2n) is 5.70. The summed E-state index contributed by atoms with van der Waals surface area (Å²) in [7, 11) is 0. The Morgan fingerprint density at radius 1 is 1.12 bits per heavy atom. The zero-order chi connectivity index (χ0) is 18.2. The summed E-state index contributed by atoms with van der Waals surface area (Å²) in [4.78, 5) is 8.98. The van der Waals surface area contributed by atoms with Crippen LogP contribution in [0.15, 0.2) is 23.3 Å². The van der Waals surface area contributed by atoms with Crippen molar-refractivity contribution >= 4 is 5.96 Å². The molecule has 142 valence electrons. The van der Waals surface area contributed by atoms with Crippen LogP contribution >= 0.6 is 0 Å². The minimum Gasteiger partial charge on any atom is -0.477 e. The van der Waals surface area contributed by atoms with E-state index in [-0.39, 0.29) is 0 Å². The van der Waals surface area contributed by atoms with E-state index in [4.69, 9.17) is 9.47 Å². The highest BCUT2D eigenvalue weighted by Gasteiger charge is 2.05. The molecule has 0 saturated heterocycles. The molecule has 1 rings (SSSR count). The van der Waals surface area contributed by atoms with Crippen molar-refractivity contribution in [2.45, 2.75) is 53.0 Å². The van der Waals surface area contributed by atoms with Gasteiger partial charge in [-0.15, -0.1) is 0 Å². The number of aromatic nitrogens is 1. The van der Waals surface area contributed by atoms with E-state index in [0.29, 0.717) is 19.0 Å². The van der Waals surface area contributed by atoms with E-state index in [0.717, 1.165) is 63.5 Å². The Morgan fingerprint density at radius 2 is 2.00 bits per heavy atom. The maximum Gasteiger partial charge on any atom is 0.218 e. The number of nitrogens with zero attached hydrogens (tertiary/aromatic N) is 2. The molecule has 0 amide bonds. The molecule has 6 heteroatoms. The fourth-order valence-corrected chi connectivity index (χ4v) is 2.17. The molecule has 0 aliphatic carbocycles. The maximum absolute atomic E-state index is 5.77. The van der Waals surface area contributed by atoms with Crippen LogP contribution in [0.5, 0.6) is 5.88 Å². The molecule has 0 unspecified atom stereocenters. The molecule has 1 aromatic rings. The fourth-order valence-electron chi connectivity index (χ4n) is 2.17. The van der Waals surface area contributed by atoms with Gasteiger partial charge in [0.2, 0.25) is 5.88 Å². The van der Waals surface area contributed by atoms with Crippen LogP contribution in [0.4, 0.5) is 0 Å². The molecular weight excluding hydrogens is 316 g/mol. The molecule has 0 bridgehead atoms. The van der Waals surface area contributed by atoms with Crippen molar-refractivity contribution in [3.05, 3.63) is 23.9 Å². The summed E-state index contributed by atoms with van der Waals surface area (Å²) in [6, 6.07) is 3.94. The SMILES string of the molecule is CCCCOc1ncccc1CN=C(NCC)NCCCCOCC. The molecule has 1 aromatic heterocycles. The number of ether oxygens (including phenoxy) is 2. The van der Waals surface area contributed by atoms with Crippen LogP contribution in [0.1, 0.15) is 52.0 Å². The molecule has 0 aliphatic heterocycles. The van der Waals surface area contributed by atoms with Gasteiger partial charge in [-0.1, -0.05) is 19.4 Å². The average molecular weight is 351 g/mol. The number of nitrogens with one attached hydrogen (secondary N) is 2. The maximum atomic E-state index is 5.77. The second kappa shape index (κ2) is 14.5. The standard InChI is InChI=1S/C19H34N4O2/c1-4-7-15-25-18-17(11-10-13-21-18)16-23-19(20-5-2)22-12-8-9-14-24-6-3/h10-11,13H,4-9,12,14-16H2,1-3H3,(H2,20,22,23). The van der Waals surface area contributed by atoms with Crippen molar-refractivity contribution in [3.8, 4) is 5.88 Å². The summed E-state index contributed by atoms with van der Waals surface area (Å²) in [5, 5.41) is 6.63. The van der Waals surface area contributed by atoms with Gasteiger partial charge in [0.1, 0.15) is 0 Å². The van der Waals surface area contributed by atoms with Crippen LogP contribution < -0.4 is 15.4 Å². The first-order valence-electron chi connectivity index (χ1n) is 9.48. The largest absolute Gasteiger partial charge is 0.477 e. The topological polar surface area (TPSA) is 67.8 Å². The van der Waals surface area contributed by atoms with Crippen LogP contribution in [0.2, 0.25) is 0 Å². The number of pyridine rings is 1. The number of aliphatic imine (C=N–C) groups is 1. The summed E-state index contributed by atoms with van der Waals surface area (Å²) in [6.45, 7) is 10.8. The number of unbranched alkanes of at least 4 members (excludes halogenated alkanes) is 2. The van der Waals surface area contributed by atoms with Gasteiger partial charge in [-0.3, -0.25) is 0 Å². The molecule has 25 heavy (non-hydrogen) atoms. The van der Waals surface area contributed by atoms with Crippen molar-refractivity contribution < 1.29 is 9.47 Å². The van der Waals surface area contributed by atoms with Gasteiger partial charge in [0.25, 0.3) is 0 Å². The number of rotatable bonds is 13. The number of hydrogen-bond acceptors (Lipinski definition) is 4. The van der Waals surface area contributed by atoms with Crippen LogP contribution in [0.3, 0.4) is 0 Å². The van der Waals surface area contributed by atoms with Crippen LogP contribution in [-0.2, 0) is 11.3 Å². The molecule has 1 heterocycles. The van der Waals surface area contributed by atoms with Gasteiger partial charge >= 0.3 is 0 Å². The van der Waals surface area contributed by atoms with Crippen molar-refractivity contribution in [1.82, 2.24) is 15.6 Å². The predicted octanol–water partition coefficient (Wildman–Crippen LogP) is 3.13. The summed E-state index contributed by atoms with van der Waals surface area (Å²) < 4.78 is 11.1. The lowest BCUT2D eigenvalue weighted by atomic mass is 10.2. The normalized spacial score (nSPS) is 11.4. The van der Waals surface area contributed by atoms with E-state index >= 15 is 0 Å². The third-order valence-electron chi connectivity index (χ3n) is 3.55.